The van der Waals surface area contributed by atoms with Crippen LogP contribution < -0.4 is 5.32 Å². The van der Waals surface area contributed by atoms with E-state index in [2.05, 4.69) is 5.32 Å². The summed E-state index contributed by atoms with van der Waals surface area (Å²) >= 11 is 0. The summed E-state index contributed by atoms with van der Waals surface area (Å²) in [6.07, 6.45) is 1.83. The molecule has 0 bridgehead atoms. The lowest BCUT2D eigenvalue weighted by Crippen LogP contribution is -2.45. The number of amides is 2. The molecule has 1 aliphatic rings. The zero-order valence-electron chi connectivity index (χ0n) is 15.8. The number of hydrogen-bond acceptors (Lipinski definition) is 4. The average Bonchev–Trinajstić information content (AvgIpc) is 3.08. The highest BCUT2D eigenvalue weighted by Gasteiger charge is 2.28. The molecule has 2 aromatic rings. The molecule has 148 valence electrons. The van der Waals surface area contributed by atoms with Crippen molar-refractivity contribution >= 4 is 17.8 Å². The van der Waals surface area contributed by atoms with Crippen LogP contribution in [0.4, 0.5) is 0 Å². The van der Waals surface area contributed by atoms with E-state index in [1.807, 2.05) is 30.3 Å². The molecule has 2 N–H and O–H groups in total. The highest BCUT2D eigenvalue weighted by atomic mass is 16.4. The molecule has 0 radical (unpaired) electrons. The third kappa shape index (κ3) is 4.79. The van der Waals surface area contributed by atoms with Gasteiger partial charge in [-0.3, -0.25) is 9.59 Å². The SMILES string of the molecule is Cc1oc(CNC(=O)C2CCCN(C(=O)Cc3ccccc3)C2)cc1C(=O)O. The molecule has 1 aliphatic heterocycles. The summed E-state index contributed by atoms with van der Waals surface area (Å²) in [5.41, 5.74) is 1.06. The van der Waals surface area contributed by atoms with Gasteiger partial charge in [0.2, 0.25) is 11.8 Å². The topological polar surface area (TPSA) is 99.9 Å². The maximum absolute atomic E-state index is 12.5. The van der Waals surface area contributed by atoms with Crippen molar-refractivity contribution in [3.05, 3.63) is 59.0 Å². The number of piperidine rings is 1. The van der Waals surface area contributed by atoms with Crippen molar-refractivity contribution in [1.82, 2.24) is 10.2 Å². The van der Waals surface area contributed by atoms with Gasteiger partial charge >= 0.3 is 5.97 Å². The number of carbonyl (C=O) groups excluding carboxylic acids is 2. The predicted molar refractivity (Wildman–Crippen MR) is 102 cm³/mol. The van der Waals surface area contributed by atoms with Crippen LogP contribution in [0.2, 0.25) is 0 Å². The molecule has 7 nitrogen and oxygen atoms in total. The average molecular weight is 384 g/mol. The van der Waals surface area contributed by atoms with Crippen LogP contribution in [-0.4, -0.2) is 40.9 Å². The molecule has 3 rings (SSSR count). The van der Waals surface area contributed by atoms with Crippen LogP contribution in [0.1, 0.15) is 40.3 Å². The standard InChI is InChI=1S/C21H24N2O5/c1-14-18(21(26)27)11-17(28-14)12-22-20(25)16-8-5-9-23(13-16)19(24)10-15-6-3-2-4-7-15/h2-4,6-7,11,16H,5,8-10,12-13H2,1H3,(H,22,25)(H,26,27). The molecule has 1 aromatic carbocycles. The number of hydrogen-bond donors (Lipinski definition) is 2. The van der Waals surface area contributed by atoms with Crippen LogP contribution in [-0.2, 0) is 22.6 Å². The van der Waals surface area contributed by atoms with Crippen molar-refractivity contribution < 1.29 is 23.9 Å². The first-order valence-corrected chi connectivity index (χ1v) is 9.36. The highest BCUT2D eigenvalue weighted by molar-refractivity contribution is 5.88. The summed E-state index contributed by atoms with van der Waals surface area (Å²) in [4.78, 5) is 37.9. The van der Waals surface area contributed by atoms with E-state index in [0.717, 1.165) is 18.4 Å². The van der Waals surface area contributed by atoms with Gasteiger partial charge in [-0.25, -0.2) is 4.79 Å². The largest absolute Gasteiger partial charge is 0.478 e. The van der Waals surface area contributed by atoms with E-state index in [4.69, 9.17) is 9.52 Å². The van der Waals surface area contributed by atoms with Gasteiger partial charge in [0.05, 0.1) is 18.9 Å². The summed E-state index contributed by atoms with van der Waals surface area (Å²) in [5, 5.41) is 11.9. The molecule has 0 saturated carbocycles. The molecule has 28 heavy (non-hydrogen) atoms. The number of rotatable bonds is 6. The monoisotopic (exact) mass is 384 g/mol. The number of carboxylic acids is 1. The molecule has 1 fully saturated rings. The van der Waals surface area contributed by atoms with Crippen molar-refractivity contribution in [2.45, 2.75) is 32.7 Å². The Kier molecular flexibility index (Phi) is 6.13. The van der Waals surface area contributed by atoms with E-state index in [-0.39, 0.29) is 29.8 Å². The Labute approximate surface area is 163 Å². The van der Waals surface area contributed by atoms with Crippen molar-refractivity contribution in [1.29, 1.82) is 0 Å². The second kappa shape index (κ2) is 8.73. The van der Waals surface area contributed by atoms with Crippen LogP contribution in [0.15, 0.2) is 40.8 Å². The fourth-order valence-electron chi connectivity index (χ4n) is 3.46. The van der Waals surface area contributed by atoms with Crippen LogP contribution in [0, 0.1) is 12.8 Å². The van der Waals surface area contributed by atoms with Crippen molar-refractivity contribution in [2.24, 2.45) is 5.92 Å². The smallest absolute Gasteiger partial charge is 0.339 e. The van der Waals surface area contributed by atoms with Gasteiger partial charge in [-0.2, -0.15) is 0 Å². The minimum absolute atomic E-state index is 0.0245. The normalized spacial score (nSPS) is 16.6. The number of likely N-dealkylation sites (tertiary alicyclic amines) is 1. The fraction of sp³-hybridized carbons (Fsp3) is 0.381. The Hall–Kier alpha value is -3.09. The van der Waals surface area contributed by atoms with Crippen LogP contribution in [0.3, 0.4) is 0 Å². The highest BCUT2D eigenvalue weighted by Crippen LogP contribution is 2.19. The van der Waals surface area contributed by atoms with Crippen LogP contribution in [0.25, 0.3) is 0 Å². The lowest BCUT2D eigenvalue weighted by Gasteiger charge is -2.32. The lowest BCUT2D eigenvalue weighted by atomic mass is 9.96. The molecular formula is C21H24N2O5. The first-order chi connectivity index (χ1) is 13.4. The molecule has 1 aromatic heterocycles. The zero-order chi connectivity index (χ0) is 20.1. The zero-order valence-corrected chi connectivity index (χ0v) is 15.8. The first kappa shape index (κ1) is 19.7. The molecule has 1 saturated heterocycles. The van der Waals surface area contributed by atoms with Gasteiger partial charge < -0.3 is 19.7 Å². The van der Waals surface area contributed by atoms with E-state index in [9.17, 15) is 14.4 Å². The van der Waals surface area contributed by atoms with E-state index < -0.39 is 5.97 Å². The first-order valence-electron chi connectivity index (χ1n) is 9.36. The molecule has 0 aliphatic carbocycles. The number of nitrogens with zero attached hydrogens (tertiary/aromatic N) is 1. The number of nitrogens with one attached hydrogen (secondary N) is 1. The number of aryl methyl sites for hydroxylation is 1. The summed E-state index contributed by atoms with van der Waals surface area (Å²) in [6.45, 7) is 2.76. The number of carboxylic acid groups (broad SMARTS) is 1. The molecule has 1 atom stereocenters. The quantitative estimate of drug-likeness (QED) is 0.797. The molecule has 2 heterocycles. The van der Waals surface area contributed by atoms with Gasteiger partial charge in [0.1, 0.15) is 17.1 Å². The van der Waals surface area contributed by atoms with Gasteiger partial charge in [-0.05, 0) is 31.4 Å². The van der Waals surface area contributed by atoms with E-state index in [1.165, 1.54) is 6.07 Å². The minimum atomic E-state index is -1.06. The Bertz CT molecular complexity index is 859. The van der Waals surface area contributed by atoms with Crippen LogP contribution in [0.5, 0.6) is 0 Å². The minimum Gasteiger partial charge on any atom is -0.478 e. The van der Waals surface area contributed by atoms with Gasteiger partial charge in [0.15, 0.2) is 0 Å². The number of aromatic carboxylic acids is 1. The second-order valence-electron chi connectivity index (χ2n) is 7.05. The van der Waals surface area contributed by atoms with Crippen molar-refractivity contribution in [2.75, 3.05) is 13.1 Å². The Balaban J connectivity index is 1.53. The summed E-state index contributed by atoms with van der Waals surface area (Å²) < 4.78 is 5.38. The van der Waals surface area contributed by atoms with E-state index >= 15 is 0 Å². The summed E-state index contributed by atoms with van der Waals surface area (Å²) in [7, 11) is 0. The van der Waals surface area contributed by atoms with E-state index in [1.54, 1.807) is 11.8 Å². The Morgan fingerprint density at radius 1 is 1.25 bits per heavy atom. The molecule has 7 heteroatoms. The Morgan fingerprint density at radius 2 is 2.00 bits per heavy atom. The Morgan fingerprint density at radius 3 is 2.68 bits per heavy atom. The maximum Gasteiger partial charge on any atom is 0.339 e. The summed E-state index contributed by atoms with van der Waals surface area (Å²) in [6, 6.07) is 11.0. The number of carbonyl (C=O) groups is 3. The predicted octanol–water partition coefficient (Wildman–Crippen LogP) is 2.38. The molecule has 1 unspecified atom stereocenters. The van der Waals surface area contributed by atoms with E-state index in [0.29, 0.717) is 31.0 Å². The lowest BCUT2D eigenvalue weighted by molar-refractivity contribution is -0.135. The summed E-state index contributed by atoms with van der Waals surface area (Å²) in [5.74, 6) is -0.745. The second-order valence-corrected chi connectivity index (χ2v) is 7.05. The van der Waals surface area contributed by atoms with Crippen LogP contribution >= 0.6 is 0 Å². The third-order valence-corrected chi connectivity index (χ3v) is 4.98. The fourth-order valence-corrected chi connectivity index (χ4v) is 3.46. The van der Waals surface area contributed by atoms with Crippen molar-refractivity contribution in [3.8, 4) is 0 Å². The van der Waals surface area contributed by atoms with Gasteiger partial charge in [0.25, 0.3) is 0 Å². The number of furan rings is 1. The number of benzene rings is 1. The van der Waals surface area contributed by atoms with Gasteiger partial charge in [-0.1, -0.05) is 30.3 Å². The van der Waals surface area contributed by atoms with Gasteiger partial charge in [0, 0.05) is 13.1 Å². The molecular weight excluding hydrogens is 360 g/mol. The molecule has 2 amide bonds. The third-order valence-electron chi connectivity index (χ3n) is 4.98. The van der Waals surface area contributed by atoms with Gasteiger partial charge in [-0.15, -0.1) is 0 Å². The van der Waals surface area contributed by atoms with Crippen molar-refractivity contribution in [3.63, 3.8) is 0 Å². The molecule has 0 spiro atoms. The maximum atomic E-state index is 12.5.